The number of hydrogen-bond donors (Lipinski definition) is 0. The summed E-state index contributed by atoms with van der Waals surface area (Å²) in [7, 11) is 1.36. The number of ether oxygens (including phenoxy) is 1. The minimum absolute atomic E-state index is 0.142. The van der Waals surface area contributed by atoms with Gasteiger partial charge in [-0.3, -0.25) is 9.79 Å². The number of esters is 1. The summed E-state index contributed by atoms with van der Waals surface area (Å²) in [5.74, 6) is 0.307. The van der Waals surface area contributed by atoms with Crippen molar-refractivity contribution < 1.29 is 9.53 Å². The Balaban J connectivity index is 3.37. The van der Waals surface area contributed by atoms with Gasteiger partial charge in [0, 0.05) is 0 Å². The highest BCUT2D eigenvalue weighted by Crippen LogP contribution is 1.94. The average molecular weight is 157 g/mol. The molecule has 3 nitrogen and oxygen atoms in total. The van der Waals surface area contributed by atoms with Crippen molar-refractivity contribution in [1.29, 1.82) is 0 Å². The van der Waals surface area contributed by atoms with Crippen LogP contribution in [-0.4, -0.2) is 25.8 Å². The number of aliphatic imine (C=N–C) groups is 1. The van der Waals surface area contributed by atoms with E-state index in [0.29, 0.717) is 5.92 Å². The molecule has 64 valence electrons. The van der Waals surface area contributed by atoms with E-state index < -0.39 is 0 Å². The van der Waals surface area contributed by atoms with Crippen LogP contribution < -0.4 is 0 Å². The standard InChI is InChI=1S/C8H15NO2/c1-7(2)4-5-9-6-8(10)11-3/h5,7H,4,6H2,1-3H3. The maximum absolute atomic E-state index is 10.5. The van der Waals surface area contributed by atoms with E-state index in [1.165, 1.54) is 7.11 Å². The molecular weight excluding hydrogens is 142 g/mol. The van der Waals surface area contributed by atoms with Crippen LogP contribution in [0.15, 0.2) is 4.99 Å². The molecule has 0 saturated carbocycles. The number of methoxy groups -OCH3 is 1. The molecule has 0 aromatic carbocycles. The normalized spacial score (nSPS) is 10.9. The minimum Gasteiger partial charge on any atom is -0.468 e. The van der Waals surface area contributed by atoms with E-state index in [4.69, 9.17) is 0 Å². The SMILES string of the molecule is COC(=O)CN=CCC(C)C. The second-order valence-corrected chi connectivity index (χ2v) is 2.73. The van der Waals surface area contributed by atoms with Crippen molar-refractivity contribution >= 4 is 12.2 Å². The highest BCUT2D eigenvalue weighted by Gasteiger charge is 1.94. The monoisotopic (exact) mass is 157 g/mol. The van der Waals surface area contributed by atoms with Gasteiger partial charge >= 0.3 is 5.97 Å². The second-order valence-electron chi connectivity index (χ2n) is 2.73. The summed E-state index contributed by atoms with van der Waals surface area (Å²) in [6.07, 6.45) is 2.68. The molecular formula is C8H15NO2. The Labute approximate surface area is 67.5 Å². The van der Waals surface area contributed by atoms with Crippen LogP contribution in [0.3, 0.4) is 0 Å². The molecule has 0 atom stereocenters. The van der Waals surface area contributed by atoms with Crippen LogP contribution in [-0.2, 0) is 9.53 Å². The lowest BCUT2D eigenvalue weighted by Gasteiger charge is -1.96. The van der Waals surface area contributed by atoms with Crippen molar-refractivity contribution in [1.82, 2.24) is 0 Å². The Morgan fingerprint density at radius 2 is 2.27 bits per heavy atom. The Bertz CT molecular complexity index is 141. The Kier molecular flexibility index (Phi) is 5.43. The van der Waals surface area contributed by atoms with Crippen LogP contribution in [0.2, 0.25) is 0 Å². The molecule has 0 rings (SSSR count). The van der Waals surface area contributed by atoms with Crippen LogP contribution in [0.5, 0.6) is 0 Å². The fourth-order valence-corrected chi connectivity index (χ4v) is 0.489. The van der Waals surface area contributed by atoms with Gasteiger partial charge in [0.2, 0.25) is 0 Å². The Morgan fingerprint density at radius 1 is 1.64 bits per heavy atom. The molecule has 0 aliphatic rings. The molecule has 0 spiro atoms. The smallest absolute Gasteiger partial charge is 0.327 e. The molecule has 0 radical (unpaired) electrons. The lowest BCUT2D eigenvalue weighted by Crippen LogP contribution is -2.04. The van der Waals surface area contributed by atoms with Crippen molar-refractivity contribution in [3.63, 3.8) is 0 Å². The molecule has 0 aromatic heterocycles. The molecule has 3 heteroatoms. The lowest BCUT2D eigenvalue weighted by atomic mass is 10.2. The fourth-order valence-electron chi connectivity index (χ4n) is 0.489. The van der Waals surface area contributed by atoms with Gasteiger partial charge < -0.3 is 4.74 Å². The molecule has 0 bridgehead atoms. The molecule has 0 fully saturated rings. The van der Waals surface area contributed by atoms with Gasteiger partial charge in [-0.15, -0.1) is 0 Å². The summed E-state index contributed by atoms with van der Waals surface area (Å²) in [5.41, 5.74) is 0. The van der Waals surface area contributed by atoms with Gasteiger partial charge in [-0.2, -0.15) is 0 Å². The van der Waals surface area contributed by atoms with E-state index in [-0.39, 0.29) is 12.5 Å². The highest BCUT2D eigenvalue weighted by atomic mass is 16.5. The van der Waals surface area contributed by atoms with Crippen LogP contribution in [0.25, 0.3) is 0 Å². The predicted octanol–water partition coefficient (Wildman–Crippen LogP) is 1.28. The van der Waals surface area contributed by atoms with Gasteiger partial charge in [0.1, 0.15) is 6.54 Å². The third-order valence-corrected chi connectivity index (χ3v) is 1.15. The van der Waals surface area contributed by atoms with E-state index in [1.54, 1.807) is 6.21 Å². The quantitative estimate of drug-likeness (QED) is 0.455. The first-order valence-corrected chi connectivity index (χ1v) is 3.72. The third-order valence-electron chi connectivity index (χ3n) is 1.15. The minimum atomic E-state index is -0.287. The fraction of sp³-hybridized carbons (Fsp3) is 0.750. The predicted molar refractivity (Wildman–Crippen MR) is 44.8 cm³/mol. The van der Waals surface area contributed by atoms with E-state index >= 15 is 0 Å². The van der Waals surface area contributed by atoms with Crippen LogP contribution in [0.4, 0.5) is 0 Å². The third kappa shape index (κ3) is 7.03. The first-order chi connectivity index (χ1) is 5.16. The van der Waals surface area contributed by atoms with Crippen molar-refractivity contribution in [3.05, 3.63) is 0 Å². The zero-order chi connectivity index (χ0) is 8.69. The number of carbonyl (C=O) groups excluding carboxylic acids is 1. The summed E-state index contributed by atoms with van der Waals surface area (Å²) < 4.78 is 4.40. The van der Waals surface area contributed by atoms with E-state index in [9.17, 15) is 4.79 Å². The zero-order valence-corrected chi connectivity index (χ0v) is 7.33. The van der Waals surface area contributed by atoms with Gasteiger partial charge in [0.15, 0.2) is 0 Å². The second kappa shape index (κ2) is 5.89. The number of nitrogens with zero attached hydrogens (tertiary/aromatic N) is 1. The first kappa shape index (κ1) is 10.1. The van der Waals surface area contributed by atoms with Crippen molar-refractivity contribution in [3.8, 4) is 0 Å². The summed E-state index contributed by atoms with van der Waals surface area (Å²) >= 11 is 0. The molecule has 0 aromatic rings. The molecule has 0 aliphatic heterocycles. The molecule has 11 heavy (non-hydrogen) atoms. The largest absolute Gasteiger partial charge is 0.468 e. The van der Waals surface area contributed by atoms with Crippen molar-refractivity contribution in [2.45, 2.75) is 20.3 Å². The van der Waals surface area contributed by atoms with Crippen LogP contribution in [0, 0.1) is 5.92 Å². The number of carbonyl (C=O) groups is 1. The molecule has 0 heterocycles. The summed E-state index contributed by atoms with van der Waals surface area (Å²) in [4.78, 5) is 14.4. The number of rotatable bonds is 4. The molecule has 0 aliphatic carbocycles. The highest BCUT2D eigenvalue weighted by molar-refractivity contribution is 5.73. The molecule has 0 N–H and O–H groups in total. The van der Waals surface area contributed by atoms with Gasteiger partial charge in [-0.1, -0.05) is 13.8 Å². The van der Waals surface area contributed by atoms with E-state index in [0.717, 1.165) is 6.42 Å². The maximum Gasteiger partial charge on any atom is 0.327 e. The van der Waals surface area contributed by atoms with Crippen LogP contribution in [0.1, 0.15) is 20.3 Å². The van der Waals surface area contributed by atoms with Gasteiger partial charge in [-0.05, 0) is 18.6 Å². The summed E-state index contributed by atoms with van der Waals surface area (Å²) in [6, 6.07) is 0. The Hall–Kier alpha value is -0.860. The molecule has 0 amide bonds. The Morgan fingerprint density at radius 3 is 2.73 bits per heavy atom. The average Bonchev–Trinajstić information content (AvgIpc) is 1.97. The van der Waals surface area contributed by atoms with E-state index in [1.807, 2.05) is 0 Å². The van der Waals surface area contributed by atoms with Crippen molar-refractivity contribution in [2.24, 2.45) is 10.9 Å². The van der Waals surface area contributed by atoms with E-state index in [2.05, 4.69) is 23.6 Å². The van der Waals surface area contributed by atoms with Gasteiger partial charge in [0.25, 0.3) is 0 Å². The first-order valence-electron chi connectivity index (χ1n) is 3.72. The molecule has 0 saturated heterocycles. The van der Waals surface area contributed by atoms with Crippen LogP contribution >= 0.6 is 0 Å². The van der Waals surface area contributed by atoms with Gasteiger partial charge in [-0.25, -0.2) is 0 Å². The summed E-state index contributed by atoms with van der Waals surface area (Å²) in [6.45, 7) is 4.34. The molecule has 0 unspecified atom stereocenters. The summed E-state index contributed by atoms with van der Waals surface area (Å²) in [5, 5.41) is 0. The lowest BCUT2D eigenvalue weighted by molar-refractivity contribution is -0.138. The number of hydrogen-bond acceptors (Lipinski definition) is 3. The zero-order valence-electron chi connectivity index (χ0n) is 7.33. The van der Waals surface area contributed by atoms with Crippen molar-refractivity contribution in [2.75, 3.05) is 13.7 Å². The maximum atomic E-state index is 10.5. The van der Waals surface area contributed by atoms with Gasteiger partial charge in [0.05, 0.1) is 7.11 Å². The topological polar surface area (TPSA) is 38.7 Å².